The number of amides is 4. The minimum absolute atomic E-state index is 0.0370. The standard InChI is InChI=1S/C27H26N2O8/c1-2-37-26(36)27(25(34)35,13-7-15-28-21(30)17-9-3-4-10-18(17)22(28)31)14-8-16-29-23(32)19-11-5-6-12-20(19)24(29)33/h3-6,9-12H,2,7-8,13-16H2,1H3,(H,34,35). The molecule has 10 heteroatoms. The van der Waals surface area contributed by atoms with Crippen molar-refractivity contribution in [2.75, 3.05) is 19.7 Å². The summed E-state index contributed by atoms with van der Waals surface area (Å²) >= 11 is 0. The number of nitrogens with zero attached hydrogens (tertiary/aromatic N) is 2. The second-order valence-electron chi connectivity index (χ2n) is 8.93. The number of carboxylic acid groups (broad SMARTS) is 1. The fourth-order valence-electron chi connectivity index (χ4n) is 4.86. The molecule has 0 bridgehead atoms. The Morgan fingerprint density at radius 3 is 1.38 bits per heavy atom. The molecule has 2 aliphatic heterocycles. The van der Waals surface area contributed by atoms with Gasteiger partial charge in [0, 0.05) is 13.1 Å². The summed E-state index contributed by atoms with van der Waals surface area (Å²) in [6, 6.07) is 12.8. The van der Waals surface area contributed by atoms with Crippen LogP contribution in [0.1, 0.15) is 74.0 Å². The highest BCUT2D eigenvalue weighted by molar-refractivity contribution is 6.22. The Bertz CT molecular complexity index is 1150. The Morgan fingerprint density at radius 1 is 0.730 bits per heavy atom. The third kappa shape index (κ3) is 4.50. The number of imide groups is 2. The van der Waals surface area contributed by atoms with E-state index in [1.807, 2.05) is 0 Å². The molecule has 0 atom stereocenters. The predicted octanol–water partition coefficient (Wildman–Crippen LogP) is 2.77. The summed E-state index contributed by atoms with van der Waals surface area (Å²) in [5.41, 5.74) is -0.841. The fraction of sp³-hybridized carbons (Fsp3) is 0.333. The van der Waals surface area contributed by atoms with E-state index in [0.29, 0.717) is 0 Å². The number of carbonyl (C=O) groups excluding carboxylic acids is 5. The van der Waals surface area contributed by atoms with E-state index in [1.165, 1.54) is 0 Å². The SMILES string of the molecule is CCOC(=O)C(CCCN1C(=O)c2ccccc2C1=O)(CCCN1C(=O)c2ccccc2C1=O)C(=O)O. The van der Waals surface area contributed by atoms with Gasteiger partial charge >= 0.3 is 11.9 Å². The Balaban J connectivity index is 1.45. The summed E-state index contributed by atoms with van der Waals surface area (Å²) in [5, 5.41) is 10.1. The molecule has 10 nitrogen and oxygen atoms in total. The molecule has 0 aromatic heterocycles. The molecular formula is C27H26N2O8. The Morgan fingerprint density at radius 2 is 1.08 bits per heavy atom. The lowest BCUT2D eigenvalue weighted by Crippen LogP contribution is -2.43. The lowest BCUT2D eigenvalue weighted by Gasteiger charge is -2.28. The van der Waals surface area contributed by atoms with Crippen LogP contribution in [0.4, 0.5) is 0 Å². The molecule has 2 aromatic rings. The van der Waals surface area contributed by atoms with E-state index in [1.54, 1.807) is 55.5 Å². The smallest absolute Gasteiger partial charge is 0.323 e. The maximum absolute atomic E-state index is 12.9. The number of esters is 1. The molecule has 0 saturated carbocycles. The number of ether oxygens (including phenoxy) is 1. The first-order valence-corrected chi connectivity index (χ1v) is 12.0. The first-order valence-electron chi connectivity index (χ1n) is 12.0. The van der Waals surface area contributed by atoms with Gasteiger partial charge in [0.05, 0.1) is 28.9 Å². The molecule has 0 aliphatic carbocycles. The molecule has 192 valence electrons. The highest BCUT2D eigenvalue weighted by atomic mass is 16.5. The third-order valence-corrected chi connectivity index (χ3v) is 6.80. The van der Waals surface area contributed by atoms with Gasteiger partial charge in [-0.25, -0.2) is 0 Å². The lowest BCUT2D eigenvalue weighted by atomic mass is 9.78. The van der Waals surface area contributed by atoms with Crippen molar-refractivity contribution >= 4 is 35.6 Å². The molecule has 1 N–H and O–H groups in total. The van der Waals surface area contributed by atoms with Crippen molar-refractivity contribution in [2.45, 2.75) is 32.6 Å². The maximum atomic E-state index is 12.9. The second kappa shape index (κ2) is 10.3. The number of fused-ring (bicyclic) bond motifs is 2. The molecule has 4 rings (SSSR count). The summed E-state index contributed by atoms with van der Waals surface area (Å²) in [6.45, 7) is 1.38. The number of hydrogen-bond donors (Lipinski definition) is 1. The topological polar surface area (TPSA) is 138 Å². The van der Waals surface area contributed by atoms with Gasteiger partial charge in [-0.3, -0.25) is 38.6 Å². The maximum Gasteiger partial charge on any atom is 0.323 e. The molecule has 37 heavy (non-hydrogen) atoms. The zero-order valence-electron chi connectivity index (χ0n) is 20.3. The van der Waals surface area contributed by atoms with Crippen LogP contribution in [0.2, 0.25) is 0 Å². The highest BCUT2D eigenvalue weighted by Crippen LogP contribution is 2.34. The predicted molar refractivity (Wildman–Crippen MR) is 129 cm³/mol. The van der Waals surface area contributed by atoms with Crippen LogP contribution in [-0.4, -0.2) is 70.2 Å². The zero-order chi connectivity index (χ0) is 26.7. The fourth-order valence-corrected chi connectivity index (χ4v) is 4.86. The molecule has 0 fully saturated rings. The Hall–Kier alpha value is -4.34. The van der Waals surface area contributed by atoms with Gasteiger partial charge in [0.15, 0.2) is 5.41 Å². The minimum atomic E-state index is -1.96. The summed E-state index contributed by atoms with van der Waals surface area (Å²) in [6.07, 6.45) is -0.305. The van der Waals surface area contributed by atoms with Crippen molar-refractivity contribution < 1.29 is 38.6 Å². The quantitative estimate of drug-likeness (QED) is 0.279. The van der Waals surface area contributed by atoms with Crippen LogP contribution in [0.3, 0.4) is 0 Å². The number of hydrogen-bond acceptors (Lipinski definition) is 7. The molecule has 4 amide bonds. The first kappa shape index (κ1) is 25.7. The van der Waals surface area contributed by atoms with E-state index in [9.17, 15) is 33.9 Å². The van der Waals surface area contributed by atoms with Gasteiger partial charge in [0.2, 0.25) is 0 Å². The Labute approximate surface area is 212 Å². The summed E-state index contributed by atoms with van der Waals surface area (Å²) < 4.78 is 5.08. The van der Waals surface area contributed by atoms with Crippen molar-refractivity contribution in [1.82, 2.24) is 9.80 Å². The van der Waals surface area contributed by atoms with Gasteiger partial charge in [0.1, 0.15) is 0 Å². The zero-order valence-corrected chi connectivity index (χ0v) is 20.3. The minimum Gasteiger partial charge on any atom is -0.480 e. The van der Waals surface area contributed by atoms with Gasteiger partial charge in [0.25, 0.3) is 23.6 Å². The molecule has 2 aromatic carbocycles. The van der Waals surface area contributed by atoms with Crippen LogP contribution in [0.15, 0.2) is 48.5 Å². The van der Waals surface area contributed by atoms with Crippen molar-refractivity contribution in [2.24, 2.45) is 5.41 Å². The van der Waals surface area contributed by atoms with E-state index in [-0.39, 0.29) is 67.6 Å². The number of carboxylic acids is 1. The van der Waals surface area contributed by atoms with Crippen molar-refractivity contribution in [3.63, 3.8) is 0 Å². The number of benzene rings is 2. The van der Waals surface area contributed by atoms with Crippen LogP contribution in [-0.2, 0) is 14.3 Å². The molecule has 0 spiro atoms. The van der Waals surface area contributed by atoms with Gasteiger partial charge in [-0.1, -0.05) is 24.3 Å². The van der Waals surface area contributed by atoms with Gasteiger partial charge in [-0.15, -0.1) is 0 Å². The molecule has 0 radical (unpaired) electrons. The molecular weight excluding hydrogens is 480 g/mol. The number of aliphatic carboxylic acids is 1. The normalized spacial score (nSPS) is 14.7. The van der Waals surface area contributed by atoms with E-state index in [2.05, 4.69) is 0 Å². The highest BCUT2D eigenvalue weighted by Gasteiger charge is 2.48. The summed E-state index contributed by atoms with van der Waals surface area (Å²) in [5.74, 6) is -4.22. The van der Waals surface area contributed by atoms with Crippen molar-refractivity contribution in [3.8, 4) is 0 Å². The van der Waals surface area contributed by atoms with Crippen LogP contribution >= 0.6 is 0 Å². The largest absolute Gasteiger partial charge is 0.480 e. The van der Waals surface area contributed by atoms with Crippen LogP contribution < -0.4 is 0 Å². The second-order valence-corrected chi connectivity index (χ2v) is 8.93. The monoisotopic (exact) mass is 506 g/mol. The van der Waals surface area contributed by atoms with Crippen molar-refractivity contribution in [3.05, 3.63) is 70.8 Å². The van der Waals surface area contributed by atoms with E-state index < -0.39 is 41.0 Å². The van der Waals surface area contributed by atoms with Gasteiger partial charge in [-0.05, 0) is 56.9 Å². The third-order valence-electron chi connectivity index (χ3n) is 6.80. The molecule has 0 saturated heterocycles. The number of carbonyl (C=O) groups is 6. The van der Waals surface area contributed by atoms with E-state index in [4.69, 9.17) is 4.74 Å². The summed E-state index contributed by atoms with van der Waals surface area (Å²) in [4.78, 5) is 77.9. The summed E-state index contributed by atoms with van der Waals surface area (Å²) in [7, 11) is 0. The molecule has 0 unspecified atom stereocenters. The van der Waals surface area contributed by atoms with Crippen LogP contribution in [0.25, 0.3) is 0 Å². The average Bonchev–Trinajstić information content (AvgIpc) is 3.28. The lowest BCUT2D eigenvalue weighted by molar-refractivity contribution is -0.170. The van der Waals surface area contributed by atoms with E-state index >= 15 is 0 Å². The molecule has 2 aliphatic rings. The van der Waals surface area contributed by atoms with Crippen molar-refractivity contribution in [1.29, 1.82) is 0 Å². The van der Waals surface area contributed by atoms with Gasteiger partial charge in [-0.2, -0.15) is 0 Å². The van der Waals surface area contributed by atoms with E-state index in [0.717, 1.165) is 9.80 Å². The molecule has 2 heterocycles. The van der Waals surface area contributed by atoms with Gasteiger partial charge < -0.3 is 9.84 Å². The average molecular weight is 507 g/mol. The first-order chi connectivity index (χ1) is 17.7. The Kier molecular flexibility index (Phi) is 7.19. The van der Waals surface area contributed by atoms with Crippen LogP contribution in [0.5, 0.6) is 0 Å². The number of rotatable bonds is 11. The van der Waals surface area contributed by atoms with Crippen LogP contribution in [0, 0.1) is 5.41 Å².